The van der Waals surface area contributed by atoms with Crippen molar-refractivity contribution >= 4 is 17.5 Å². The summed E-state index contributed by atoms with van der Waals surface area (Å²) in [5.41, 5.74) is 2.61. The fraction of sp³-hybridized carbons (Fsp3) is 0.0435. The SMILES string of the molecule is O=C(NC(C(=O)Nc1ccc(-n2cncn2)cc1)c1ccccc1)c1ccccc1. The molecule has 148 valence electrons. The predicted molar refractivity (Wildman–Crippen MR) is 113 cm³/mol. The number of nitrogens with zero attached hydrogens (tertiary/aromatic N) is 3. The number of carbonyl (C=O) groups is 2. The summed E-state index contributed by atoms with van der Waals surface area (Å²) in [6.07, 6.45) is 3.05. The summed E-state index contributed by atoms with van der Waals surface area (Å²) in [5.74, 6) is -0.653. The lowest BCUT2D eigenvalue weighted by Crippen LogP contribution is -2.37. The third-order valence-corrected chi connectivity index (χ3v) is 4.52. The number of nitrogens with one attached hydrogen (secondary N) is 2. The van der Waals surface area contributed by atoms with Crippen molar-refractivity contribution in [2.45, 2.75) is 6.04 Å². The molecule has 0 aliphatic carbocycles. The van der Waals surface area contributed by atoms with Crippen molar-refractivity contribution in [3.8, 4) is 5.69 Å². The molecule has 1 atom stereocenters. The smallest absolute Gasteiger partial charge is 0.252 e. The predicted octanol–water partition coefficient (Wildman–Crippen LogP) is 3.38. The lowest BCUT2D eigenvalue weighted by molar-refractivity contribution is -0.118. The highest BCUT2D eigenvalue weighted by molar-refractivity contribution is 6.01. The van der Waals surface area contributed by atoms with Crippen LogP contribution in [0.1, 0.15) is 22.0 Å². The topological polar surface area (TPSA) is 88.9 Å². The van der Waals surface area contributed by atoms with Gasteiger partial charge < -0.3 is 10.6 Å². The van der Waals surface area contributed by atoms with Gasteiger partial charge in [-0.15, -0.1) is 0 Å². The number of benzene rings is 3. The molecule has 7 nitrogen and oxygen atoms in total. The second-order valence-electron chi connectivity index (χ2n) is 6.56. The second kappa shape index (κ2) is 8.83. The molecule has 2 N–H and O–H groups in total. The van der Waals surface area contributed by atoms with E-state index in [1.54, 1.807) is 47.4 Å². The zero-order valence-corrected chi connectivity index (χ0v) is 16.0. The molecule has 0 saturated heterocycles. The summed E-state index contributed by atoms with van der Waals surface area (Å²) < 4.78 is 1.62. The first-order chi connectivity index (χ1) is 14.7. The highest BCUT2D eigenvalue weighted by atomic mass is 16.2. The molecule has 0 radical (unpaired) electrons. The number of carbonyl (C=O) groups excluding carboxylic acids is 2. The fourth-order valence-corrected chi connectivity index (χ4v) is 3.00. The third kappa shape index (κ3) is 4.41. The van der Waals surface area contributed by atoms with Gasteiger partial charge >= 0.3 is 0 Å². The van der Waals surface area contributed by atoms with E-state index in [4.69, 9.17) is 0 Å². The maximum absolute atomic E-state index is 13.0. The molecular formula is C23H19N5O2. The lowest BCUT2D eigenvalue weighted by Gasteiger charge is -2.19. The van der Waals surface area contributed by atoms with E-state index < -0.39 is 6.04 Å². The van der Waals surface area contributed by atoms with Crippen LogP contribution in [0.15, 0.2) is 97.6 Å². The van der Waals surface area contributed by atoms with Crippen molar-refractivity contribution in [2.24, 2.45) is 0 Å². The molecule has 2 amide bonds. The Morgan fingerprint density at radius 3 is 2.13 bits per heavy atom. The molecule has 0 spiro atoms. The monoisotopic (exact) mass is 397 g/mol. The Morgan fingerprint density at radius 2 is 1.50 bits per heavy atom. The van der Waals surface area contributed by atoms with Crippen molar-refractivity contribution in [1.29, 1.82) is 0 Å². The average Bonchev–Trinajstić information content (AvgIpc) is 3.34. The molecule has 0 saturated carbocycles. The van der Waals surface area contributed by atoms with E-state index >= 15 is 0 Å². The fourth-order valence-electron chi connectivity index (χ4n) is 3.00. The maximum Gasteiger partial charge on any atom is 0.252 e. The number of anilines is 1. The van der Waals surface area contributed by atoms with Crippen molar-refractivity contribution in [3.05, 3.63) is 109 Å². The molecule has 0 aliphatic rings. The van der Waals surface area contributed by atoms with Crippen LogP contribution in [-0.2, 0) is 4.79 Å². The molecule has 1 heterocycles. The lowest BCUT2D eigenvalue weighted by atomic mass is 10.1. The minimum absolute atomic E-state index is 0.318. The standard InChI is InChI=1S/C23H19N5O2/c29-22(18-9-5-2-6-10-18)27-21(17-7-3-1-4-8-17)23(30)26-19-11-13-20(14-12-19)28-16-24-15-25-28/h1-16,21H,(H,26,30)(H,27,29). The summed E-state index contributed by atoms with van der Waals surface area (Å²) in [4.78, 5) is 29.6. The minimum atomic E-state index is -0.839. The normalized spacial score (nSPS) is 11.5. The highest BCUT2D eigenvalue weighted by Gasteiger charge is 2.23. The molecule has 3 aromatic carbocycles. The van der Waals surface area contributed by atoms with Gasteiger partial charge in [-0.25, -0.2) is 9.67 Å². The Kier molecular flexibility index (Phi) is 5.61. The van der Waals surface area contributed by atoms with Crippen LogP contribution in [0.4, 0.5) is 5.69 Å². The number of hydrogen-bond donors (Lipinski definition) is 2. The van der Waals surface area contributed by atoms with Crippen LogP contribution < -0.4 is 10.6 Å². The van der Waals surface area contributed by atoms with Gasteiger partial charge in [0.15, 0.2) is 0 Å². The van der Waals surface area contributed by atoms with Crippen molar-refractivity contribution in [1.82, 2.24) is 20.1 Å². The summed E-state index contributed by atoms with van der Waals surface area (Å²) >= 11 is 0. The summed E-state index contributed by atoms with van der Waals surface area (Å²) in [7, 11) is 0. The third-order valence-electron chi connectivity index (χ3n) is 4.52. The summed E-state index contributed by atoms with van der Waals surface area (Å²) in [5, 5.41) is 9.78. The molecule has 1 unspecified atom stereocenters. The van der Waals surface area contributed by atoms with E-state index in [0.29, 0.717) is 16.8 Å². The Balaban J connectivity index is 1.53. The summed E-state index contributed by atoms with van der Waals surface area (Å²) in [6, 6.07) is 24.3. The Labute approximate surface area is 173 Å². The molecule has 1 aromatic heterocycles. The summed E-state index contributed by atoms with van der Waals surface area (Å²) in [6.45, 7) is 0. The van der Waals surface area contributed by atoms with E-state index in [1.165, 1.54) is 6.33 Å². The average molecular weight is 397 g/mol. The number of rotatable bonds is 6. The van der Waals surface area contributed by atoms with Gasteiger partial charge in [-0.1, -0.05) is 48.5 Å². The molecule has 30 heavy (non-hydrogen) atoms. The first-order valence-corrected chi connectivity index (χ1v) is 9.37. The molecular weight excluding hydrogens is 378 g/mol. The number of amides is 2. The van der Waals surface area contributed by atoms with Crippen molar-refractivity contribution in [3.63, 3.8) is 0 Å². The van der Waals surface area contributed by atoms with Gasteiger partial charge in [0.05, 0.1) is 5.69 Å². The first kappa shape index (κ1) is 19.1. The zero-order chi connectivity index (χ0) is 20.8. The van der Waals surface area contributed by atoms with E-state index in [2.05, 4.69) is 20.7 Å². The molecule has 4 rings (SSSR count). The highest BCUT2D eigenvalue weighted by Crippen LogP contribution is 2.18. The largest absolute Gasteiger partial charge is 0.336 e. The van der Waals surface area contributed by atoms with Crippen LogP contribution >= 0.6 is 0 Å². The van der Waals surface area contributed by atoms with Crippen LogP contribution in [-0.4, -0.2) is 26.6 Å². The Hall–Kier alpha value is -4.26. The van der Waals surface area contributed by atoms with Crippen LogP contribution in [0.2, 0.25) is 0 Å². The van der Waals surface area contributed by atoms with Gasteiger partial charge in [0, 0.05) is 11.3 Å². The molecule has 0 bridgehead atoms. The molecule has 0 aliphatic heterocycles. The Morgan fingerprint density at radius 1 is 0.833 bits per heavy atom. The Bertz CT molecular complexity index is 1110. The van der Waals surface area contributed by atoms with Crippen molar-refractivity contribution < 1.29 is 9.59 Å². The van der Waals surface area contributed by atoms with Crippen LogP contribution in [0.5, 0.6) is 0 Å². The quantitative estimate of drug-likeness (QED) is 0.522. The van der Waals surface area contributed by atoms with Gasteiger partial charge in [-0.05, 0) is 42.0 Å². The first-order valence-electron chi connectivity index (χ1n) is 9.37. The van der Waals surface area contributed by atoms with Gasteiger partial charge in [-0.2, -0.15) is 5.10 Å². The molecule has 7 heteroatoms. The van der Waals surface area contributed by atoms with E-state index in [0.717, 1.165) is 5.69 Å². The van der Waals surface area contributed by atoms with Crippen LogP contribution in [0, 0.1) is 0 Å². The van der Waals surface area contributed by atoms with Gasteiger partial charge in [0.25, 0.3) is 11.8 Å². The maximum atomic E-state index is 13.0. The van der Waals surface area contributed by atoms with Gasteiger partial charge in [0.2, 0.25) is 0 Å². The van der Waals surface area contributed by atoms with E-state index in [1.807, 2.05) is 48.5 Å². The van der Waals surface area contributed by atoms with Gasteiger partial charge in [-0.3, -0.25) is 9.59 Å². The van der Waals surface area contributed by atoms with Crippen LogP contribution in [0.3, 0.4) is 0 Å². The van der Waals surface area contributed by atoms with E-state index in [-0.39, 0.29) is 11.8 Å². The second-order valence-corrected chi connectivity index (χ2v) is 6.56. The van der Waals surface area contributed by atoms with Crippen LogP contribution in [0.25, 0.3) is 5.69 Å². The molecule has 4 aromatic rings. The van der Waals surface area contributed by atoms with Gasteiger partial charge in [0.1, 0.15) is 18.7 Å². The number of aromatic nitrogens is 3. The zero-order valence-electron chi connectivity index (χ0n) is 16.0. The van der Waals surface area contributed by atoms with E-state index in [9.17, 15) is 9.59 Å². The van der Waals surface area contributed by atoms with Crippen molar-refractivity contribution in [2.75, 3.05) is 5.32 Å². The molecule has 0 fully saturated rings. The minimum Gasteiger partial charge on any atom is -0.336 e. The number of hydrogen-bond acceptors (Lipinski definition) is 4.